The van der Waals surface area contributed by atoms with Gasteiger partial charge in [0.1, 0.15) is 5.75 Å². The maximum Gasteiger partial charge on any atom is 0.258 e. The minimum atomic E-state index is -0.134. The number of aromatic nitrogens is 1. The average molecular weight is 420 g/mol. The van der Waals surface area contributed by atoms with Crippen LogP contribution in [0.2, 0.25) is 0 Å². The molecule has 0 fully saturated rings. The van der Waals surface area contributed by atoms with Gasteiger partial charge < -0.3 is 19.5 Å². The summed E-state index contributed by atoms with van der Waals surface area (Å²) in [7, 11) is 1.63. The Balaban J connectivity index is 1.70. The molecular formula is C25H29N3O3. The van der Waals surface area contributed by atoms with Crippen LogP contribution in [0.1, 0.15) is 48.3 Å². The van der Waals surface area contributed by atoms with Crippen LogP contribution >= 0.6 is 0 Å². The predicted octanol–water partition coefficient (Wildman–Crippen LogP) is 4.92. The smallest absolute Gasteiger partial charge is 0.258 e. The molecule has 2 amide bonds. The summed E-state index contributed by atoms with van der Waals surface area (Å²) >= 11 is 0. The molecule has 1 aliphatic rings. The van der Waals surface area contributed by atoms with Crippen LogP contribution in [0.3, 0.4) is 0 Å². The van der Waals surface area contributed by atoms with E-state index in [-0.39, 0.29) is 11.8 Å². The molecule has 1 aliphatic heterocycles. The molecule has 2 aromatic carbocycles. The molecule has 0 saturated heterocycles. The molecule has 3 aromatic rings. The summed E-state index contributed by atoms with van der Waals surface area (Å²) in [4.78, 5) is 27.1. The molecule has 31 heavy (non-hydrogen) atoms. The van der Waals surface area contributed by atoms with Gasteiger partial charge in [0.15, 0.2) is 0 Å². The molecule has 6 nitrogen and oxygen atoms in total. The number of hydrogen-bond acceptors (Lipinski definition) is 3. The second-order valence-electron chi connectivity index (χ2n) is 8.07. The second kappa shape index (κ2) is 8.46. The average Bonchev–Trinajstić information content (AvgIpc) is 3.04. The number of rotatable bonds is 5. The summed E-state index contributed by atoms with van der Waals surface area (Å²) < 4.78 is 7.60. The molecule has 0 spiro atoms. The van der Waals surface area contributed by atoms with E-state index in [2.05, 4.69) is 16.8 Å². The van der Waals surface area contributed by atoms with E-state index in [0.29, 0.717) is 5.56 Å². The number of fused-ring (bicyclic) bond motifs is 2. The van der Waals surface area contributed by atoms with Crippen molar-refractivity contribution < 1.29 is 14.3 Å². The van der Waals surface area contributed by atoms with Crippen molar-refractivity contribution in [1.29, 1.82) is 0 Å². The molecule has 0 aliphatic carbocycles. The van der Waals surface area contributed by atoms with Crippen LogP contribution < -0.4 is 15.0 Å². The van der Waals surface area contributed by atoms with Crippen LogP contribution in [0, 0.1) is 6.92 Å². The van der Waals surface area contributed by atoms with Crippen LogP contribution in [-0.2, 0) is 17.8 Å². The lowest BCUT2D eigenvalue weighted by molar-refractivity contribution is -0.116. The highest BCUT2D eigenvalue weighted by Gasteiger charge is 2.23. The topological polar surface area (TPSA) is 63.6 Å². The van der Waals surface area contributed by atoms with Gasteiger partial charge in [0.25, 0.3) is 5.91 Å². The van der Waals surface area contributed by atoms with Gasteiger partial charge in [0, 0.05) is 48.0 Å². The Hall–Kier alpha value is -3.28. The third-order valence-electron chi connectivity index (χ3n) is 6.04. The van der Waals surface area contributed by atoms with Gasteiger partial charge in [-0.25, -0.2) is 0 Å². The van der Waals surface area contributed by atoms with Gasteiger partial charge in [0.05, 0.1) is 12.7 Å². The van der Waals surface area contributed by atoms with Gasteiger partial charge >= 0.3 is 0 Å². The lowest BCUT2D eigenvalue weighted by Gasteiger charge is -2.29. The molecular weight excluding hydrogens is 390 g/mol. The summed E-state index contributed by atoms with van der Waals surface area (Å²) in [6.45, 7) is 7.31. The normalized spacial score (nSPS) is 13.2. The molecule has 162 valence electrons. The van der Waals surface area contributed by atoms with Gasteiger partial charge in [-0.15, -0.1) is 0 Å². The highest BCUT2D eigenvalue weighted by molar-refractivity contribution is 6.14. The largest absolute Gasteiger partial charge is 0.497 e. The number of aryl methyl sites for hydroxylation is 2. The maximum atomic E-state index is 13.4. The molecule has 0 bridgehead atoms. The molecule has 0 saturated carbocycles. The zero-order valence-electron chi connectivity index (χ0n) is 18.6. The first-order valence-electron chi connectivity index (χ1n) is 10.8. The minimum absolute atomic E-state index is 0.0473. The van der Waals surface area contributed by atoms with Gasteiger partial charge in [-0.3, -0.25) is 9.59 Å². The van der Waals surface area contributed by atoms with E-state index < -0.39 is 0 Å². The van der Waals surface area contributed by atoms with Crippen LogP contribution in [0.4, 0.5) is 11.4 Å². The Bertz CT molecular complexity index is 1160. The molecule has 0 radical (unpaired) electrons. The van der Waals surface area contributed by atoms with Crippen LogP contribution in [0.15, 0.2) is 36.4 Å². The van der Waals surface area contributed by atoms with Crippen molar-refractivity contribution >= 4 is 34.1 Å². The summed E-state index contributed by atoms with van der Waals surface area (Å²) in [6, 6.07) is 11.7. The lowest BCUT2D eigenvalue weighted by atomic mass is 10.0. The monoisotopic (exact) mass is 419 g/mol. The van der Waals surface area contributed by atoms with Crippen molar-refractivity contribution in [3.63, 3.8) is 0 Å². The summed E-state index contributed by atoms with van der Waals surface area (Å²) in [5.74, 6) is 0.643. The van der Waals surface area contributed by atoms with Crippen molar-refractivity contribution in [1.82, 2.24) is 4.57 Å². The number of ether oxygens (including phenoxy) is 1. The van der Waals surface area contributed by atoms with E-state index in [9.17, 15) is 9.59 Å². The molecule has 0 unspecified atom stereocenters. The zero-order chi connectivity index (χ0) is 22.1. The standard InChI is InChI=1S/C25H29N3O3/c1-5-12-27-16(2)24(21-15-20(31-4)9-11-23(21)27)25(30)26-19-8-10-22-18(14-19)7-6-13-28(22)17(3)29/h8-11,14-15H,5-7,12-13H2,1-4H3,(H,26,30). The first kappa shape index (κ1) is 21.0. The second-order valence-corrected chi connectivity index (χ2v) is 8.07. The summed E-state index contributed by atoms with van der Waals surface area (Å²) in [5.41, 5.74) is 5.43. The van der Waals surface area contributed by atoms with Gasteiger partial charge in [-0.05, 0) is 68.1 Å². The number of benzene rings is 2. The highest BCUT2D eigenvalue weighted by atomic mass is 16.5. The Kier molecular flexibility index (Phi) is 5.72. The number of nitrogens with one attached hydrogen (secondary N) is 1. The SMILES string of the molecule is CCCn1c(C)c(C(=O)Nc2ccc3c(c2)CCCN3C(C)=O)c2cc(OC)ccc21. The van der Waals surface area contributed by atoms with Gasteiger partial charge in [0.2, 0.25) is 5.91 Å². The minimum Gasteiger partial charge on any atom is -0.497 e. The fourth-order valence-electron chi connectivity index (χ4n) is 4.58. The summed E-state index contributed by atoms with van der Waals surface area (Å²) in [6.07, 6.45) is 2.80. The lowest BCUT2D eigenvalue weighted by Crippen LogP contribution is -2.33. The quantitative estimate of drug-likeness (QED) is 0.638. The molecule has 4 rings (SSSR count). The number of amides is 2. The van der Waals surface area contributed by atoms with Crippen molar-refractivity contribution in [3.05, 3.63) is 53.2 Å². The van der Waals surface area contributed by atoms with Crippen molar-refractivity contribution in [2.24, 2.45) is 0 Å². The number of hydrogen-bond donors (Lipinski definition) is 1. The fraction of sp³-hybridized carbons (Fsp3) is 0.360. The number of anilines is 2. The Labute approximate surface area is 182 Å². The van der Waals surface area contributed by atoms with E-state index in [4.69, 9.17) is 4.74 Å². The van der Waals surface area contributed by atoms with Crippen molar-refractivity contribution in [2.75, 3.05) is 23.9 Å². The Morgan fingerprint density at radius 2 is 1.97 bits per heavy atom. The van der Waals surface area contributed by atoms with Crippen molar-refractivity contribution in [3.8, 4) is 5.75 Å². The van der Waals surface area contributed by atoms with E-state index in [1.165, 1.54) is 0 Å². The third kappa shape index (κ3) is 3.78. The Morgan fingerprint density at radius 3 is 2.68 bits per heavy atom. The zero-order valence-corrected chi connectivity index (χ0v) is 18.6. The van der Waals surface area contributed by atoms with Crippen LogP contribution in [0.5, 0.6) is 5.75 Å². The molecule has 1 N–H and O–H groups in total. The Morgan fingerprint density at radius 1 is 1.16 bits per heavy atom. The fourth-order valence-corrected chi connectivity index (χ4v) is 4.58. The number of carbonyl (C=O) groups is 2. The van der Waals surface area contributed by atoms with E-state index in [0.717, 1.165) is 71.6 Å². The number of carbonyl (C=O) groups excluding carboxylic acids is 2. The van der Waals surface area contributed by atoms with Crippen molar-refractivity contribution in [2.45, 2.75) is 46.6 Å². The molecule has 1 aromatic heterocycles. The van der Waals surface area contributed by atoms with E-state index in [1.54, 1.807) is 18.9 Å². The van der Waals surface area contributed by atoms with E-state index in [1.807, 2.05) is 43.3 Å². The first-order chi connectivity index (χ1) is 14.9. The molecule has 2 heterocycles. The third-order valence-corrected chi connectivity index (χ3v) is 6.04. The van der Waals surface area contributed by atoms with Crippen LogP contribution in [0.25, 0.3) is 10.9 Å². The van der Waals surface area contributed by atoms with Crippen LogP contribution in [-0.4, -0.2) is 30.0 Å². The number of nitrogens with zero attached hydrogens (tertiary/aromatic N) is 2. The van der Waals surface area contributed by atoms with Gasteiger partial charge in [-0.1, -0.05) is 6.92 Å². The van der Waals surface area contributed by atoms with Gasteiger partial charge in [-0.2, -0.15) is 0 Å². The van der Waals surface area contributed by atoms with E-state index >= 15 is 0 Å². The summed E-state index contributed by atoms with van der Waals surface area (Å²) in [5, 5.41) is 3.97. The highest BCUT2D eigenvalue weighted by Crippen LogP contribution is 2.32. The number of methoxy groups -OCH3 is 1. The predicted molar refractivity (Wildman–Crippen MR) is 124 cm³/mol. The first-order valence-corrected chi connectivity index (χ1v) is 10.8. The maximum absolute atomic E-state index is 13.4. The molecule has 0 atom stereocenters. The molecule has 6 heteroatoms.